The van der Waals surface area contributed by atoms with Gasteiger partial charge in [-0.15, -0.1) is 0 Å². The number of nitrogens with zero attached hydrogens (tertiary/aromatic N) is 6. The Balaban J connectivity index is 1.37. The molecule has 0 aliphatic carbocycles. The molecular weight excluding hydrogens is 479 g/mol. The van der Waals surface area contributed by atoms with Gasteiger partial charge in [0.1, 0.15) is 23.3 Å². The minimum atomic E-state index is -1.02. The first kappa shape index (κ1) is 20.8. The molecule has 0 unspecified atom stereocenters. The highest BCUT2D eigenvalue weighted by molar-refractivity contribution is 9.10. The van der Waals surface area contributed by atoms with E-state index in [2.05, 4.69) is 35.9 Å². The van der Waals surface area contributed by atoms with Crippen LogP contribution in [0.25, 0.3) is 16.7 Å². The molecule has 164 valence electrons. The SMILES string of the molecule is O=c1c2cnn(-c3ccc(F)cc3)c2ncn1CC1(O)CCN(c2ncccc2Br)CC1. The second-order valence-corrected chi connectivity index (χ2v) is 8.82. The Bertz CT molecular complexity index is 1330. The minimum Gasteiger partial charge on any atom is -0.388 e. The second-order valence-electron chi connectivity index (χ2n) is 7.97. The summed E-state index contributed by atoms with van der Waals surface area (Å²) in [6.45, 7) is 1.39. The summed E-state index contributed by atoms with van der Waals surface area (Å²) >= 11 is 3.52. The second kappa shape index (κ2) is 8.10. The van der Waals surface area contributed by atoms with Gasteiger partial charge in [-0.25, -0.2) is 19.0 Å². The molecule has 10 heteroatoms. The van der Waals surface area contributed by atoms with Gasteiger partial charge in [0.2, 0.25) is 0 Å². The molecule has 4 heterocycles. The number of aromatic nitrogens is 5. The molecule has 5 rings (SSSR count). The largest absolute Gasteiger partial charge is 0.388 e. The van der Waals surface area contributed by atoms with Crippen LogP contribution in [-0.4, -0.2) is 48.1 Å². The summed E-state index contributed by atoms with van der Waals surface area (Å²) in [6.07, 6.45) is 5.62. The van der Waals surface area contributed by atoms with E-state index in [1.54, 1.807) is 18.3 Å². The van der Waals surface area contributed by atoms with Gasteiger partial charge in [0.25, 0.3) is 5.56 Å². The molecule has 8 nitrogen and oxygen atoms in total. The van der Waals surface area contributed by atoms with Crippen molar-refractivity contribution in [2.24, 2.45) is 0 Å². The maximum Gasteiger partial charge on any atom is 0.264 e. The highest BCUT2D eigenvalue weighted by Crippen LogP contribution is 2.30. The number of fused-ring (bicyclic) bond motifs is 1. The molecule has 0 atom stereocenters. The third-order valence-corrected chi connectivity index (χ3v) is 6.44. The summed E-state index contributed by atoms with van der Waals surface area (Å²) in [5, 5.41) is 15.8. The van der Waals surface area contributed by atoms with Crippen molar-refractivity contribution in [3.63, 3.8) is 0 Å². The van der Waals surface area contributed by atoms with Crippen LogP contribution >= 0.6 is 15.9 Å². The molecule has 0 saturated carbocycles. The number of aliphatic hydroxyl groups is 1. The van der Waals surface area contributed by atoms with E-state index in [1.165, 1.54) is 33.9 Å². The monoisotopic (exact) mass is 498 g/mol. The molecule has 0 spiro atoms. The first-order chi connectivity index (χ1) is 15.4. The van der Waals surface area contributed by atoms with E-state index in [0.717, 1.165) is 10.3 Å². The molecule has 0 radical (unpaired) electrons. The Kier molecular flexibility index (Phi) is 5.26. The molecule has 1 N–H and O–H groups in total. The van der Waals surface area contributed by atoms with Gasteiger partial charge >= 0.3 is 0 Å². The molecule has 1 saturated heterocycles. The molecule has 32 heavy (non-hydrogen) atoms. The first-order valence-corrected chi connectivity index (χ1v) is 11.0. The molecule has 1 fully saturated rings. The fourth-order valence-electron chi connectivity index (χ4n) is 4.05. The van der Waals surface area contributed by atoms with Gasteiger partial charge in [0, 0.05) is 19.3 Å². The Hall–Kier alpha value is -3.11. The molecule has 1 aliphatic rings. The van der Waals surface area contributed by atoms with Crippen molar-refractivity contribution in [2.75, 3.05) is 18.0 Å². The zero-order valence-corrected chi connectivity index (χ0v) is 18.6. The van der Waals surface area contributed by atoms with E-state index in [-0.39, 0.29) is 17.9 Å². The van der Waals surface area contributed by atoms with Crippen LogP contribution in [0.5, 0.6) is 0 Å². The Morgan fingerprint density at radius 2 is 1.88 bits per heavy atom. The smallest absolute Gasteiger partial charge is 0.264 e. The molecule has 1 aromatic carbocycles. The average Bonchev–Trinajstić information content (AvgIpc) is 3.22. The van der Waals surface area contributed by atoms with E-state index in [4.69, 9.17) is 0 Å². The van der Waals surface area contributed by atoms with Crippen LogP contribution in [0.1, 0.15) is 12.8 Å². The van der Waals surface area contributed by atoms with Crippen LogP contribution < -0.4 is 10.5 Å². The number of anilines is 1. The molecular formula is C22H20BrFN6O2. The lowest BCUT2D eigenvalue weighted by Gasteiger charge is -2.39. The van der Waals surface area contributed by atoms with Crippen LogP contribution in [0.2, 0.25) is 0 Å². The van der Waals surface area contributed by atoms with Crippen LogP contribution in [0.3, 0.4) is 0 Å². The van der Waals surface area contributed by atoms with E-state index >= 15 is 0 Å². The number of piperidine rings is 1. The Morgan fingerprint density at radius 3 is 2.59 bits per heavy atom. The standard InChI is InChI=1S/C22H20BrFN6O2/c23-18-2-1-9-25-20(18)28-10-7-22(32,8-11-28)13-29-14-26-19-17(21(29)31)12-27-30(19)16-5-3-15(24)4-6-16/h1-6,9,12,14,32H,7-8,10-11,13H2. The summed E-state index contributed by atoms with van der Waals surface area (Å²) in [6, 6.07) is 9.61. The molecule has 0 bridgehead atoms. The predicted molar refractivity (Wildman–Crippen MR) is 121 cm³/mol. The molecule has 0 amide bonds. The highest BCUT2D eigenvalue weighted by atomic mass is 79.9. The van der Waals surface area contributed by atoms with Gasteiger partial charge in [-0.05, 0) is 65.2 Å². The molecule has 4 aromatic rings. The zero-order valence-electron chi connectivity index (χ0n) is 17.0. The lowest BCUT2D eigenvalue weighted by molar-refractivity contribution is -0.00113. The topological polar surface area (TPSA) is 89.1 Å². The summed E-state index contributed by atoms with van der Waals surface area (Å²) in [4.78, 5) is 24.0. The van der Waals surface area contributed by atoms with Gasteiger partial charge in [-0.1, -0.05) is 0 Å². The number of benzene rings is 1. The number of halogens is 2. The van der Waals surface area contributed by atoms with Crippen molar-refractivity contribution in [3.05, 3.63) is 75.8 Å². The quantitative estimate of drug-likeness (QED) is 0.465. The van der Waals surface area contributed by atoms with Gasteiger partial charge < -0.3 is 10.0 Å². The van der Waals surface area contributed by atoms with Crippen LogP contribution in [0, 0.1) is 5.82 Å². The van der Waals surface area contributed by atoms with E-state index in [0.29, 0.717) is 42.7 Å². The molecule has 3 aromatic heterocycles. The highest BCUT2D eigenvalue weighted by Gasteiger charge is 2.34. The van der Waals surface area contributed by atoms with Crippen molar-refractivity contribution in [1.29, 1.82) is 0 Å². The number of pyridine rings is 1. The van der Waals surface area contributed by atoms with Crippen molar-refractivity contribution >= 4 is 32.8 Å². The van der Waals surface area contributed by atoms with Crippen molar-refractivity contribution in [1.82, 2.24) is 24.3 Å². The zero-order chi connectivity index (χ0) is 22.3. The van der Waals surface area contributed by atoms with Gasteiger partial charge in [-0.3, -0.25) is 9.36 Å². The maximum absolute atomic E-state index is 13.2. The number of hydrogen-bond donors (Lipinski definition) is 1. The Labute approximate surface area is 191 Å². The lowest BCUT2D eigenvalue weighted by atomic mass is 9.91. The van der Waals surface area contributed by atoms with Crippen molar-refractivity contribution in [3.8, 4) is 5.69 Å². The van der Waals surface area contributed by atoms with E-state index < -0.39 is 5.60 Å². The van der Waals surface area contributed by atoms with Crippen LogP contribution in [0.15, 0.2) is 64.4 Å². The number of rotatable bonds is 4. The van der Waals surface area contributed by atoms with Crippen molar-refractivity contribution in [2.45, 2.75) is 25.0 Å². The summed E-state index contributed by atoms with van der Waals surface area (Å²) < 4.78 is 17.1. The normalized spacial score (nSPS) is 15.9. The number of hydrogen-bond acceptors (Lipinski definition) is 6. The van der Waals surface area contributed by atoms with E-state index in [1.807, 2.05) is 12.1 Å². The summed E-state index contributed by atoms with van der Waals surface area (Å²) in [5.74, 6) is 0.498. The van der Waals surface area contributed by atoms with Gasteiger partial charge in [-0.2, -0.15) is 5.10 Å². The third-order valence-electron chi connectivity index (χ3n) is 5.82. The average molecular weight is 499 g/mol. The maximum atomic E-state index is 13.2. The first-order valence-electron chi connectivity index (χ1n) is 10.2. The summed E-state index contributed by atoms with van der Waals surface area (Å²) in [7, 11) is 0. The fourth-order valence-corrected chi connectivity index (χ4v) is 4.56. The van der Waals surface area contributed by atoms with Gasteiger partial charge in [0.05, 0.1) is 28.5 Å². The van der Waals surface area contributed by atoms with Crippen molar-refractivity contribution < 1.29 is 9.50 Å². The third kappa shape index (κ3) is 3.80. The Morgan fingerprint density at radius 1 is 1.12 bits per heavy atom. The molecule has 1 aliphatic heterocycles. The predicted octanol–water partition coefficient (Wildman–Crippen LogP) is 2.91. The fraction of sp³-hybridized carbons (Fsp3) is 0.273. The van der Waals surface area contributed by atoms with Crippen LogP contribution in [0.4, 0.5) is 10.2 Å². The minimum absolute atomic E-state index is 0.147. The van der Waals surface area contributed by atoms with Crippen LogP contribution in [-0.2, 0) is 6.54 Å². The van der Waals surface area contributed by atoms with Gasteiger partial charge in [0.15, 0.2) is 5.65 Å². The van der Waals surface area contributed by atoms with E-state index in [9.17, 15) is 14.3 Å². The lowest BCUT2D eigenvalue weighted by Crippen LogP contribution is -2.48. The summed E-state index contributed by atoms with van der Waals surface area (Å²) in [5.41, 5.74) is -0.298.